The number of hydrogen-bond donors (Lipinski definition) is 1. The van der Waals surface area contributed by atoms with Crippen LogP contribution in [0.4, 0.5) is 19.5 Å². The Morgan fingerprint density at radius 1 is 1.10 bits per heavy atom. The van der Waals surface area contributed by atoms with Gasteiger partial charge in [-0.1, -0.05) is 0 Å². The van der Waals surface area contributed by atoms with Gasteiger partial charge in [0.1, 0.15) is 11.6 Å². The molecule has 1 N–H and O–H groups in total. The Bertz CT molecular complexity index is 1270. The summed E-state index contributed by atoms with van der Waals surface area (Å²) in [5.41, 5.74) is 0.520. The second kappa shape index (κ2) is 11.6. The summed E-state index contributed by atoms with van der Waals surface area (Å²) in [7, 11) is 0. The molecule has 5 rings (SSSR count). The fourth-order valence-electron chi connectivity index (χ4n) is 5.60. The number of ether oxygens (including phenoxy) is 1. The van der Waals surface area contributed by atoms with E-state index in [0.717, 1.165) is 43.9 Å². The zero-order valence-electron chi connectivity index (χ0n) is 22.6. The number of nitriles is 1. The number of amides is 2. The fraction of sp³-hybridized carbons (Fsp3) is 0.536. The van der Waals surface area contributed by atoms with E-state index in [1.54, 1.807) is 23.6 Å². The van der Waals surface area contributed by atoms with Crippen molar-refractivity contribution in [2.45, 2.75) is 69.7 Å². The number of halogens is 2. The van der Waals surface area contributed by atoms with Gasteiger partial charge in [0.05, 0.1) is 17.7 Å². The van der Waals surface area contributed by atoms with Crippen LogP contribution in [0, 0.1) is 23.1 Å². The van der Waals surface area contributed by atoms with Crippen molar-refractivity contribution in [2.75, 3.05) is 31.1 Å². The number of nitrogens with zero attached hydrogens (tertiary/aromatic N) is 6. The van der Waals surface area contributed by atoms with Crippen LogP contribution in [0.25, 0.3) is 0 Å². The average molecular weight is 554 g/mol. The molecule has 10 nitrogen and oxygen atoms in total. The van der Waals surface area contributed by atoms with Gasteiger partial charge in [-0.25, -0.2) is 23.5 Å². The molecule has 212 valence electrons. The number of aromatic nitrogens is 2. The molecule has 0 radical (unpaired) electrons. The summed E-state index contributed by atoms with van der Waals surface area (Å²) in [6.07, 6.45) is 7.59. The maximum atomic E-state index is 14.7. The summed E-state index contributed by atoms with van der Waals surface area (Å²) in [4.78, 5) is 40.2. The molecule has 2 aromatic rings. The summed E-state index contributed by atoms with van der Waals surface area (Å²) >= 11 is 0. The molecule has 3 aliphatic rings. The van der Waals surface area contributed by atoms with Crippen molar-refractivity contribution in [1.29, 1.82) is 5.26 Å². The highest BCUT2D eigenvalue weighted by Gasteiger charge is 2.40. The third-order valence-corrected chi connectivity index (χ3v) is 7.67. The van der Waals surface area contributed by atoms with E-state index < -0.39 is 29.7 Å². The zero-order valence-corrected chi connectivity index (χ0v) is 22.6. The number of alkyl carbamates (subject to hydrolysis) is 1. The van der Waals surface area contributed by atoms with Crippen LogP contribution < -0.4 is 10.2 Å². The van der Waals surface area contributed by atoms with E-state index in [4.69, 9.17) is 10.00 Å². The third-order valence-electron chi connectivity index (χ3n) is 7.67. The minimum atomic E-state index is -0.647. The van der Waals surface area contributed by atoms with Gasteiger partial charge >= 0.3 is 6.09 Å². The number of carbonyl (C=O) groups excluding carboxylic acids is 2. The van der Waals surface area contributed by atoms with Crippen molar-refractivity contribution in [3.63, 3.8) is 0 Å². The number of anilines is 1. The first kappa shape index (κ1) is 27.6. The van der Waals surface area contributed by atoms with E-state index in [1.807, 2.05) is 4.90 Å². The lowest BCUT2D eigenvalue weighted by Crippen LogP contribution is -2.47. The number of benzene rings is 1. The van der Waals surface area contributed by atoms with E-state index in [-0.39, 0.29) is 42.7 Å². The smallest absolute Gasteiger partial charge is 0.407 e. The normalized spacial score (nSPS) is 21.3. The Labute approximate surface area is 231 Å². The molecule has 1 aliphatic carbocycles. The van der Waals surface area contributed by atoms with Crippen LogP contribution in [-0.2, 0) is 4.74 Å². The summed E-state index contributed by atoms with van der Waals surface area (Å²) in [5, 5.41) is 11.9. The molecule has 40 heavy (non-hydrogen) atoms. The molecule has 1 aromatic carbocycles. The maximum Gasteiger partial charge on any atom is 0.407 e. The molecule has 1 saturated carbocycles. The van der Waals surface area contributed by atoms with Gasteiger partial charge in [0, 0.05) is 56.6 Å². The van der Waals surface area contributed by atoms with E-state index in [0.29, 0.717) is 24.6 Å². The fourth-order valence-corrected chi connectivity index (χ4v) is 5.60. The van der Waals surface area contributed by atoms with E-state index >= 15 is 0 Å². The topological polar surface area (TPSA) is 115 Å². The number of rotatable bonds is 7. The molecule has 12 heteroatoms. The number of piperidine rings is 1. The molecule has 2 unspecified atom stereocenters. The van der Waals surface area contributed by atoms with Crippen molar-refractivity contribution in [3.8, 4) is 6.19 Å². The summed E-state index contributed by atoms with van der Waals surface area (Å²) in [5.74, 6) is -1.53. The van der Waals surface area contributed by atoms with Gasteiger partial charge in [0.2, 0.25) is 5.95 Å². The highest BCUT2D eigenvalue weighted by Crippen LogP contribution is 2.34. The number of nitrogens with one attached hydrogen (secondary N) is 1. The molecule has 2 amide bonds. The Morgan fingerprint density at radius 2 is 1.77 bits per heavy atom. The van der Waals surface area contributed by atoms with Crippen LogP contribution in [0.5, 0.6) is 0 Å². The summed E-state index contributed by atoms with van der Waals surface area (Å²) in [6, 6.07) is 2.95. The second-order valence-corrected chi connectivity index (χ2v) is 10.9. The van der Waals surface area contributed by atoms with Gasteiger partial charge in [-0.15, -0.1) is 0 Å². The van der Waals surface area contributed by atoms with Gasteiger partial charge in [-0.3, -0.25) is 4.79 Å². The third kappa shape index (κ3) is 6.08. The Kier molecular flexibility index (Phi) is 8.00. The van der Waals surface area contributed by atoms with Crippen LogP contribution in [0.3, 0.4) is 0 Å². The van der Waals surface area contributed by atoms with Gasteiger partial charge in [0.15, 0.2) is 6.19 Å². The molecule has 2 atom stereocenters. The quantitative estimate of drug-likeness (QED) is 0.519. The van der Waals surface area contributed by atoms with Crippen LogP contribution in [0.15, 0.2) is 30.6 Å². The molecule has 0 bridgehead atoms. The SMILES string of the molecule is CC(C)OC(=O)NC1CN(c2ncc(C(=O)N(C3CC3)C3CCN(C#N)CC3)cn2)CC1c1cc(F)ccc1F. The predicted molar refractivity (Wildman–Crippen MR) is 141 cm³/mol. The van der Waals surface area contributed by atoms with Crippen molar-refractivity contribution in [1.82, 2.24) is 25.1 Å². The minimum Gasteiger partial charge on any atom is -0.447 e. The largest absolute Gasteiger partial charge is 0.447 e. The lowest BCUT2D eigenvalue weighted by Gasteiger charge is -2.37. The van der Waals surface area contributed by atoms with Crippen LogP contribution >= 0.6 is 0 Å². The Balaban J connectivity index is 1.32. The van der Waals surface area contributed by atoms with Crippen LogP contribution in [0.2, 0.25) is 0 Å². The van der Waals surface area contributed by atoms with Gasteiger partial charge < -0.3 is 24.8 Å². The molecule has 3 heterocycles. The summed E-state index contributed by atoms with van der Waals surface area (Å²) < 4.78 is 34.0. The zero-order chi connectivity index (χ0) is 28.4. The number of hydrogen-bond acceptors (Lipinski definition) is 8. The van der Waals surface area contributed by atoms with Crippen molar-refractivity contribution in [3.05, 3.63) is 53.4 Å². The first-order valence-corrected chi connectivity index (χ1v) is 13.7. The molecular formula is C28H33F2N7O3. The van der Waals surface area contributed by atoms with Crippen molar-refractivity contribution >= 4 is 17.9 Å². The first-order valence-electron chi connectivity index (χ1n) is 13.7. The van der Waals surface area contributed by atoms with Gasteiger partial charge in [-0.2, -0.15) is 5.26 Å². The molecule has 2 aliphatic heterocycles. The second-order valence-electron chi connectivity index (χ2n) is 10.9. The monoisotopic (exact) mass is 553 g/mol. The van der Waals surface area contributed by atoms with Crippen molar-refractivity contribution < 1.29 is 23.1 Å². The molecule has 2 saturated heterocycles. The number of carbonyl (C=O) groups is 2. The van der Waals surface area contributed by atoms with Crippen LogP contribution in [0.1, 0.15) is 61.4 Å². The summed E-state index contributed by atoms with van der Waals surface area (Å²) in [6.45, 7) is 5.18. The molecule has 0 spiro atoms. The van der Waals surface area contributed by atoms with E-state index in [9.17, 15) is 18.4 Å². The maximum absolute atomic E-state index is 14.7. The van der Waals surface area contributed by atoms with Gasteiger partial charge in [-0.05, 0) is 63.3 Å². The lowest BCUT2D eigenvalue weighted by molar-refractivity contribution is 0.0584. The van der Waals surface area contributed by atoms with Gasteiger partial charge in [0.25, 0.3) is 5.91 Å². The molecular weight excluding hydrogens is 520 g/mol. The first-order chi connectivity index (χ1) is 19.2. The lowest BCUT2D eigenvalue weighted by atomic mass is 9.94. The average Bonchev–Trinajstić information content (AvgIpc) is 3.69. The number of likely N-dealkylation sites (tertiary alicyclic amines) is 1. The highest BCUT2D eigenvalue weighted by atomic mass is 19.1. The van der Waals surface area contributed by atoms with Crippen LogP contribution in [-0.4, -0.2) is 82.2 Å². The highest BCUT2D eigenvalue weighted by molar-refractivity contribution is 5.94. The standard InChI is InChI=1S/C28H33F2N7O3/c1-17(2)40-28(39)34-25-15-36(14-23(25)22-11-19(29)3-6-24(22)30)27-32-12-18(13-33-27)26(38)37(20-4-5-20)21-7-9-35(16-31)10-8-21/h3,6,11-13,17,20-21,23,25H,4-5,7-10,14-15H2,1-2H3,(H,34,39). The van der Waals surface area contributed by atoms with Crippen molar-refractivity contribution in [2.24, 2.45) is 0 Å². The minimum absolute atomic E-state index is 0.0715. The molecule has 3 fully saturated rings. The predicted octanol–water partition coefficient (Wildman–Crippen LogP) is 3.41. The van der Waals surface area contributed by atoms with E-state index in [1.165, 1.54) is 12.4 Å². The van der Waals surface area contributed by atoms with E-state index in [2.05, 4.69) is 21.5 Å². The molecule has 1 aromatic heterocycles. The Hall–Kier alpha value is -4.01. The Morgan fingerprint density at radius 3 is 2.40 bits per heavy atom.